The van der Waals surface area contributed by atoms with Gasteiger partial charge in [-0.15, -0.1) is 0 Å². The Balaban J connectivity index is 0. The zero-order valence-electron chi connectivity index (χ0n) is 12.0. The standard InChI is InChI=1S/C12H21N2O2.CH3.Lr/c1-8(2)13-6-10(5)7-14(9(3)4)12(16)11(13)15;;/h8-9H,6-7H2,1-5H3;1H3;/q2*-1;. The van der Waals surface area contributed by atoms with E-state index in [0.29, 0.717) is 13.1 Å². The SMILES string of the molecule is C[C-]1CN(C(C)C)C(=O)C(=O)N(C(C)C)C1.[CH3-].[Lr]. The number of amides is 2. The molecular weight excluding hydrogens is 478 g/mol. The number of nitrogens with zero attached hydrogens (tertiary/aromatic N) is 2. The molecule has 1 saturated heterocycles. The van der Waals surface area contributed by atoms with Crippen LogP contribution in [-0.2, 0) is 9.59 Å². The monoisotopic (exact) mass is 502 g/mol. The van der Waals surface area contributed by atoms with Crippen LogP contribution < -0.4 is 0 Å². The molecule has 0 aromatic heterocycles. The van der Waals surface area contributed by atoms with Gasteiger partial charge in [-0.2, -0.15) is 6.92 Å². The maximum absolute atomic E-state index is 12.0. The van der Waals surface area contributed by atoms with E-state index in [0.717, 1.165) is 5.92 Å². The largest absolute Gasteiger partial charge is 0.362 e. The van der Waals surface area contributed by atoms with Crippen molar-refractivity contribution in [2.75, 3.05) is 13.1 Å². The Morgan fingerprint density at radius 1 is 0.944 bits per heavy atom. The van der Waals surface area contributed by atoms with Gasteiger partial charge in [0.1, 0.15) is 0 Å². The quantitative estimate of drug-likeness (QED) is 0.425. The van der Waals surface area contributed by atoms with Crippen LogP contribution in [0.2, 0.25) is 0 Å². The van der Waals surface area contributed by atoms with Gasteiger partial charge in [-0.25, -0.2) is 0 Å². The Morgan fingerprint density at radius 2 is 1.22 bits per heavy atom. The van der Waals surface area contributed by atoms with Crippen molar-refractivity contribution in [1.29, 1.82) is 0 Å². The normalized spacial score (nSPS) is 17.7. The molecule has 18 heavy (non-hydrogen) atoms. The van der Waals surface area contributed by atoms with Crippen molar-refractivity contribution in [2.24, 2.45) is 0 Å². The van der Waals surface area contributed by atoms with Crippen molar-refractivity contribution in [3.63, 3.8) is 0 Å². The molecule has 0 bridgehead atoms. The molecule has 1 aliphatic heterocycles. The third kappa shape index (κ3) is 3.47. The van der Waals surface area contributed by atoms with Crippen molar-refractivity contribution in [3.05, 3.63) is 13.3 Å². The minimum Gasteiger partial charge on any atom is -0.362 e. The molecule has 1 rings (SSSR count). The van der Waals surface area contributed by atoms with E-state index in [1.165, 1.54) is 0 Å². The van der Waals surface area contributed by atoms with Crippen LogP contribution in [-0.4, -0.2) is 46.8 Å². The van der Waals surface area contributed by atoms with Crippen LogP contribution in [0.4, 0.5) is 0 Å². The fraction of sp³-hybridized carbons (Fsp3) is 0.692. The van der Waals surface area contributed by atoms with Crippen molar-refractivity contribution in [3.8, 4) is 0 Å². The minimum atomic E-state index is -0.374. The topological polar surface area (TPSA) is 40.6 Å². The first-order chi connectivity index (χ1) is 7.34. The summed E-state index contributed by atoms with van der Waals surface area (Å²) in [6.07, 6.45) is 0. The Kier molecular flexibility index (Phi) is 6.73. The predicted molar refractivity (Wildman–Crippen MR) is 69.0 cm³/mol. The van der Waals surface area contributed by atoms with E-state index in [-0.39, 0.29) is 31.3 Å². The van der Waals surface area contributed by atoms with Gasteiger partial charge in [0.05, 0.1) is 0 Å². The van der Waals surface area contributed by atoms with Crippen molar-refractivity contribution < 1.29 is 9.59 Å². The van der Waals surface area contributed by atoms with E-state index < -0.39 is 0 Å². The maximum atomic E-state index is 12.0. The van der Waals surface area contributed by atoms with Crippen LogP contribution in [0.1, 0.15) is 34.6 Å². The number of rotatable bonds is 2. The van der Waals surface area contributed by atoms with Gasteiger partial charge in [0, 0.05) is 12.1 Å². The van der Waals surface area contributed by atoms with Gasteiger partial charge in [-0.1, -0.05) is 13.1 Å². The minimum absolute atomic E-state index is 0. The fourth-order valence-corrected chi connectivity index (χ4v) is 1.86. The summed E-state index contributed by atoms with van der Waals surface area (Å²) >= 11 is 0. The molecule has 0 aliphatic carbocycles. The summed E-state index contributed by atoms with van der Waals surface area (Å²) in [5, 5.41) is 0. The molecule has 0 unspecified atom stereocenters. The molecule has 0 aromatic carbocycles. The first-order valence-electron chi connectivity index (χ1n) is 5.77. The summed E-state index contributed by atoms with van der Waals surface area (Å²) in [6, 6.07) is 0.136. The average Bonchev–Trinajstić information content (AvgIpc) is 2.29. The Bertz CT molecular complexity index is 265. The second-order valence-electron chi connectivity index (χ2n) is 5.01. The van der Waals surface area contributed by atoms with Gasteiger partial charge >= 0.3 is 11.8 Å². The molecular formula is C13H24LrN2O2-2. The molecule has 115 valence electrons. The third-order valence-electron chi connectivity index (χ3n) is 2.83. The molecule has 1 radical (unpaired) electrons. The van der Waals surface area contributed by atoms with Gasteiger partial charge < -0.3 is 17.2 Å². The second kappa shape index (κ2) is 6.62. The van der Waals surface area contributed by atoms with Gasteiger partial charge in [0.2, 0.25) is 0 Å². The zero-order chi connectivity index (χ0) is 12.5. The molecule has 2 amide bonds. The molecule has 0 spiro atoms. The predicted octanol–water partition coefficient (Wildman–Crippen LogP) is 1.52. The maximum Gasteiger partial charge on any atom is 0.309 e. The summed E-state index contributed by atoms with van der Waals surface area (Å²) in [5.41, 5.74) is 0. The van der Waals surface area contributed by atoms with Crippen LogP contribution in [0.3, 0.4) is 0 Å². The third-order valence-corrected chi connectivity index (χ3v) is 2.83. The van der Waals surface area contributed by atoms with E-state index in [2.05, 4.69) is 0 Å². The van der Waals surface area contributed by atoms with Crippen LogP contribution >= 0.6 is 0 Å². The van der Waals surface area contributed by atoms with Gasteiger partial charge in [-0.3, -0.25) is 15.5 Å². The summed E-state index contributed by atoms with van der Waals surface area (Å²) in [4.78, 5) is 27.2. The Hall–Kier alpha value is -2.06. The van der Waals surface area contributed by atoms with Crippen LogP contribution in [0.15, 0.2) is 0 Å². The smallest absolute Gasteiger partial charge is 0.309 e. The molecule has 0 saturated carbocycles. The van der Waals surface area contributed by atoms with Crippen molar-refractivity contribution in [2.45, 2.75) is 46.7 Å². The molecule has 5 heteroatoms. The van der Waals surface area contributed by atoms with Gasteiger partial charge in [-0.05, 0) is 27.7 Å². The Labute approximate surface area is 105 Å². The molecule has 0 atom stereocenters. The molecule has 4 nitrogen and oxygen atoms in total. The van der Waals surface area contributed by atoms with Gasteiger partial charge in [0.25, 0.3) is 0 Å². The van der Waals surface area contributed by atoms with Gasteiger partial charge in [0.15, 0.2) is 0 Å². The second-order valence-corrected chi connectivity index (χ2v) is 5.01. The summed E-state index contributed by atoms with van der Waals surface area (Å²) < 4.78 is 0. The molecule has 0 aromatic rings. The van der Waals surface area contributed by atoms with Crippen molar-refractivity contribution >= 4 is 11.8 Å². The van der Waals surface area contributed by atoms with Crippen molar-refractivity contribution in [1.82, 2.24) is 9.80 Å². The van der Waals surface area contributed by atoms with Crippen LogP contribution in [0.25, 0.3) is 0 Å². The van der Waals surface area contributed by atoms with E-state index in [4.69, 9.17) is 0 Å². The molecule has 1 fully saturated rings. The van der Waals surface area contributed by atoms with Crippen LogP contribution in [0.5, 0.6) is 0 Å². The van der Waals surface area contributed by atoms with E-state index in [1.807, 2.05) is 34.6 Å². The number of hydrogen-bond donors (Lipinski definition) is 0. The Morgan fingerprint density at radius 3 is 1.44 bits per heavy atom. The van der Waals surface area contributed by atoms with Crippen LogP contribution in [0, 0.1) is 13.3 Å². The zero-order valence-corrected chi connectivity index (χ0v) is 14.2. The van der Waals surface area contributed by atoms with E-state index >= 15 is 0 Å². The molecule has 1 aliphatic rings. The number of carbonyl (C=O) groups is 2. The fourth-order valence-electron chi connectivity index (χ4n) is 1.86. The molecule has 0 N–H and O–H groups in total. The summed E-state index contributed by atoms with van der Waals surface area (Å²) in [6.45, 7) is 10.9. The number of carbonyl (C=O) groups excluding carboxylic acids is 2. The first-order valence-corrected chi connectivity index (χ1v) is 5.77. The molecule has 1 heterocycles. The first kappa shape index (κ1) is 18.3. The van der Waals surface area contributed by atoms with E-state index in [9.17, 15) is 9.59 Å². The summed E-state index contributed by atoms with van der Waals surface area (Å²) in [7, 11) is 0. The van der Waals surface area contributed by atoms with E-state index in [1.54, 1.807) is 9.80 Å². The average molecular weight is 502 g/mol. The number of hydrogen-bond acceptors (Lipinski definition) is 2. The summed E-state index contributed by atoms with van der Waals surface area (Å²) in [5.74, 6) is 0.405.